The number of ether oxygens (including phenoxy) is 1. The first-order valence-corrected chi connectivity index (χ1v) is 10.2. The molecule has 0 fully saturated rings. The molecule has 0 bridgehead atoms. The topological polar surface area (TPSA) is 68.3 Å². The molecule has 26 heavy (non-hydrogen) atoms. The zero-order valence-corrected chi connectivity index (χ0v) is 16.1. The highest BCUT2D eigenvalue weighted by Crippen LogP contribution is 2.34. The van der Waals surface area contributed by atoms with Crippen LogP contribution >= 0.6 is 22.7 Å². The lowest BCUT2D eigenvalue weighted by Crippen LogP contribution is -2.29. The van der Waals surface area contributed by atoms with E-state index in [4.69, 9.17) is 4.74 Å². The molecule has 0 aliphatic rings. The second kappa shape index (κ2) is 8.91. The first kappa shape index (κ1) is 18.5. The van der Waals surface area contributed by atoms with Gasteiger partial charge in [0.05, 0.1) is 15.1 Å². The molecule has 1 aromatic carbocycles. The first-order chi connectivity index (χ1) is 12.7. The summed E-state index contributed by atoms with van der Waals surface area (Å²) in [7, 11) is 0. The SMILES string of the molecule is CCCCCNC(=O)COC(=O)c1ccc(-c2nc3ccccc3s2)s1. The molecule has 7 heteroatoms. The summed E-state index contributed by atoms with van der Waals surface area (Å²) >= 11 is 2.92. The first-order valence-electron chi connectivity index (χ1n) is 8.57. The molecule has 0 spiro atoms. The number of thiazole rings is 1. The Morgan fingerprint density at radius 1 is 1.12 bits per heavy atom. The van der Waals surface area contributed by atoms with E-state index < -0.39 is 5.97 Å². The molecule has 5 nitrogen and oxygen atoms in total. The maximum absolute atomic E-state index is 12.1. The molecule has 2 aromatic heterocycles. The van der Waals surface area contributed by atoms with E-state index in [0.717, 1.165) is 39.4 Å². The summed E-state index contributed by atoms with van der Waals surface area (Å²) in [6.45, 7) is 2.47. The van der Waals surface area contributed by atoms with Gasteiger partial charge in [-0.2, -0.15) is 0 Å². The number of rotatable bonds is 8. The van der Waals surface area contributed by atoms with Gasteiger partial charge in [0, 0.05) is 6.54 Å². The van der Waals surface area contributed by atoms with Crippen molar-refractivity contribution < 1.29 is 14.3 Å². The zero-order chi connectivity index (χ0) is 18.4. The Labute approximate surface area is 160 Å². The number of esters is 1. The Bertz CT molecular complexity index is 868. The van der Waals surface area contributed by atoms with Gasteiger partial charge in [-0.1, -0.05) is 31.9 Å². The third kappa shape index (κ3) is 4.68. The molecule has 1 amide bonds. The lowest BCUT2D eigenvalue weighted by molar-refractivity contribution is -0.124. The Balaban J connectivity index is 1.55. The van der Waals surface area contributed by atoms with Gasteiger partial charge in [-0.25, -0.2) is 9.78 Å². The van der Waals surface area contributed by atoms with Crippen LogP contribution in [0.15, 0.2) is 36.4 Å². The minimum absolute atomic E-state index is 0.251. The number of hydrogen-bond acceptors (Lipinski definition) is 6. The molecule has 0 saturated heterocycles. The average molecular weight is 389 g/mol. The number of hydrogen-bond donors (Lipinski definition) is 1. The van der Waals surface area contributed by atoms with Crippen molar-refractivity contribution in [3.8, 4) is 9.88 Å². The summed E-state index contributed by atoms with van der Waals surface area (Å²) in [6, 6.07) is 11.5. The summed E-state index contributed by atoms with van der Waals surface area (Å²) in [6.07, 6.45) is 3.11. The van der Waals surface area contributed by atoms with Gasteiger partial charge in [-0.15, -0.1) is 22.7 Å². The van der Waals surface area contributed by atoms with E-state index in [0.29, 0.717) is 11.4 Å². The quantitative estimate of drug-likeness (QED) is 0.456. The number of carbonyl (C=O) groups excluding carboxylic acids is 2. The number of nitrogens with one attached hydrogen (secondary N) is 1. The van der Waals surface area contributed by atoms with Gasteiger partial charge in [0.25, 0.3) is 5.91 Å². The highest BCUT2D eigenvalue weighted by molar-refractivity contribution is 7.26. The lowest BCUT2D eigenvalue weighted by Gasteiger charge is -2.05. The second-order valence-corrected chi connectivity index (χ2v) is 7.90. The van der Waals surface area contributed by atoms with Crippen molar-refractivity contribution in [3.63, 3.8) is 0 Å². The Hall–Kier alpha value is -2.25. The van der Waals surface area contributed by atoms with E-state index in [9.17, 15) is 9.59 Å². The maximum atomic E-state index is 12.1. The van der Waals surface area contributed by atoms with Gasteiger partial charge in [0.2, 0.25) is 0 Å². The van der Waals surface area contributed by atoms with E-state index in [2.05, 4.69) is 17.2 Å². The van der Waals surface area contributed by atoms with Crippen molar-refractivity contribution in [2.24, 2.45) is 0 Å². The van der Waals surface area contributed by atoms with Crippen LogP contribution in [-0.2, 0) is 9.53 Å². The summed E-state index contributed by atoms with van der Waals surface area (Å²) in [4.78, 5) is 29.8. The van der Waals surface area contributed by atoms with Crippen LogP contribution in [0.1, 0.15) is 35.9 Å². The number of fused-ring (bicyclic) bond motifs is 1. The standard InChI is InChI=1S/C19H20N2O3S2/c1-2-3-6-11-20-17(22)12-24-19(23)16-10-9-15(25-16)18-21-13-7-4-5-8-14(13)26-18/h4-5,7-10H,2-3,6,11-12H2,1H3,(H,20,22). The number of unbranched alkanes of at least 4 members (excludes halogenated alkanes) is 2. The van der Waals surface area contributed by atoms with Crippen molar-refractivity contribution in [2.75, 3.05) is 13.2 Å². The van der Waals surface area contributed by atoms with E-state index in [1.165, 1.54) is 11.3 Å². The summed E-state index contributed by atoms with van der Waals surface area (Å²) in [5.74, 6) is -0.747. The number of carbonyl (C=O) groups is 2. The molecule has 136 valence electrons. The van der Waals surface area contributed by atoms with Crippen molar-refractivity contribution in [1.82, 2.24) is 10.3 Å². The fraction of sp³-hybridized carbons (Fsp3) is 0.316. The summed E-state index contributed by atoms with van der Waals surface area (Å²) < 4.78 is 6.21. The van der Waals surface area contributed by atoms with Gasteiger partial charge >= 0.3 is 5.97 Å². The van der Waals surface area contributed by atoms with Gasteiger partial charge in [-0.05, 0) is 30.7 Å². The van der Waals surface area contributed by atoms with Crippen LogP contribution in [0.2, 0.25) is 0 Å². The number of aromatic nitrogens is 1. The summed E-state index contributed by atoms with van der Waals surface area (Å²) in [5, 5.41) is 3.63. The molecule has 0 radical (unpaired) electrons. The molecule has 0 unspecified atom stereocenters. The van der Waals surface area contributed by atoms with Crippen LogP contribution in [0, 0.1) is 0 Å². The number of amides is 1. The van der Waals surface area contributed by atoms with Gasteiger partial charge in [0.1, 0.15) is 9.88 Å². The molecular weight excluding hydrogens is 368 g/mol. The number of benzene rings is 1. The molecule has 0 saturated carbocycles. The molecule has 1 N–H and O–H groups in total. The highest BCUT2D eigenvalue weighted by Gasteiger charge is 2.15. The third-order valence-electron chi connectivity index (χ3n) is 3.75. The molecular formula is C19H20N2O3S2. The largest absolute Gasteiger partial charge is 0.451 e. The monoisotopic (exact) mass is 388 g/mol. The van der Waals surface area contributed by atoms with Gasteiger partial charge in [-0.3, -0.25) is 4.79 Å². The Morgan fingerprint density at radius 2 is 1.96 bits per heavy atom. The molecule has 0 atom stereocenters. The predicted molar refractivity (Wildman–Crippen MR) is 106 cm³/mol. The second-order valence-electron chi connectivity index (χ2n) is 5.78. The fourth-order valence-electron chi connectivity index (χ4n) is 2.40. The van der Waals surface area contributed by atoms with Crippen LogP contribution in [0.5, 0.6) is 0 Å². The number of nitrogens with zero attached hydrogens (tertiary/aromatic N) is 1. The van der Waals surface area contributed by atoms with Crippen LogP contribution in [0.25, 0.3) is 20.1 Å². The summed E-state index contributed by atoms with van der Waals surface area (Å²) in [5.41, 5.74) is 0.949. The third-order valence-corrected chi connectivity index (χ3v) is 6.02. The molecule has 3 rings (SSSR count). The van der Waals surface area contributed by atoms with Crippen molar-refractivity contribution in [1.29, 1.82) is 0 Å². The molecule has 2 heterocycles. The smallest absolute Gasteiger partial charge is 0.348 e. The van der Waals surface area contributed by atoms with E-state index in [-0.39, 0.29) is 12.5 Å². The average Bonchev–Trinajstić information content (AvgIpc) is 3.29. The van der Waals surface area contributed by atoms with Crippen LogP contribution in [0.3, 0.4) is 0 Å². The van der Waals surface area contributed by atoms with E-state index in [1.54, 1.807) is 17.4 Å². The van der Waals surface area contributed by atoms with Gasteiger partial charge in [0.15, 0.2) is 6.61 Å². The predicted octanol–water partition coefficient (Wildman–Crippen LogP) is 4.49. The number of thiophene rings is 1. The maximum Gasteiger partial charge on any atom is 0.348 e. The number of para-hydroxylation sites is 1. The molecule has 3 aromatic rings. The molecule has 0 aliphatic carbocycles. The van der Waals surface area contributed by atoms with Crippen molar-refractivity contribution in [2.45, 2.75) is 26.2 Å². The zero-order valence-electron chi connectivity index (χ0n) is 14.5. The van der Waals surface area contributed by atoms with Crippen LogP contribution < -0.4 is 5.32 Å². The lowest BCUT2D eigenvalue weighted by atomic mass is 10.2. The Morgan fingerprint density at radius 3 is 2.77 bits per heavy atom. The normalized spacial score (nSPS) is 10.8. The van der Waals surface area contributed by atoms with Crippen LogP contribution in [0.4, 0.5) is 0 Å². The van der Waals surface area contributed by atoms with E-state index >= 15 is 0 Å². The highest BCUT2D eigenvalue weighted by atomic mass is 32.1. The van der Waals surface area contributed by atoms with Crippen LogP contribution in [-0.4, -0.2) is 30.0 Å². The minimum atomic E-state index is -0.480. The van der Waals surface area contributed by atoms with Crippen molar-refractivity contribution in [3.05, 3.63) is 41.3 Å². The van der Waals surface area contributed by atoms with Crippen molar-refractivity contribution >= 4 is 44.8 Å². The Kier molecular flexibility index (Phi) is 6.35. The molecule has 0 aliphatic heterocycles. The van der Waals surface area contributed by atoms with Gasteiger partial charge < -0.3 is 10.1 Å². The van der Waals surface area contributed by atoms with E-state index in [1.807, 2.05) is 30.3 Å². The minimum Gasteiger partial charge on any atom is -0.451 e. The fourth-order valence-corrected chi connectivity index (χ4v) is 4.32.